The first-order chi connectivity index (χ1) is 11.2. The van der Waals surface area contributed by atoms with E-state index in [9.17, 15) is 4.79 Å². The van der Waals surface area contributed by atoms with Gasteiger partial charge in [-0.3, -0.25) is 4.79 Å². The Kier molecular flexibility index (Phi) is 4.39. The molecule has 0 aliphatic carbocycles. The second-order valence-corrected chi connectivity index (χ2v) is 8.38. The van der Waals surface area contributed by atoms with E-state index in [2.05, 4.69) is 62.6 Å². The summed E-state index contributed by atoms with van der Waals surface area (Å²) in [5.74, 6) is 0.116. The zero-order valence-electron chi connectivity index (χ0n) is 15.1. The lowest BCUT2D eigenvalue weighted by molar-refractivity contribution is -0.121. The molecule has 1 fully saturated rings. The summed E-state index contributed by atoms with van der Waals surface area (Å²) >= 11 is 0. The largest absolute Gasteiger partial charge is 0.353 e. The van der Waals surface area contributed by atoms with Gasteiger partial charge in [0.05, 0.1) is 6.42 Å². The highest BCUT2D eigenvalue weighted by molar-refractivity contribution is 5.90. The fourth-order valence-electron chi connectivity index (χ4n) is 4.32. The van der Waals surface area contributed by atoms with Crippen LogP contribution in [-0.2, 0) is 11.2 Å². The van der Waals surface area contributed by atoms with E-state index < -0.39 is 0 Å². The second kappa shape index (κ2) is 6.21. The summed E-state index contributed by atoms with van der Waals surface area (Å²) in [6, 6.07) is 14.6. The van der Waals surface area contributed by atoms with Gasteiger partial charge in [-0.2, -0.15) is 0 Å². The van der Waals surface area contributed by atoms with Crippen LogP contribution in [0, 0.1) is 0 Å². The Morgan fingerprint density at radius 3 is 2.38 bits per heavy atom. The number of nitrogens with one attached hydrogen (secondary N) is 2. The van der Waals surface area contributed by atoms with Crippen molar-refractivity contribution in [3.8, 4) is 0 Å². The molecule has 1 aliphatic heterocycles. The van der Waals surface area contributed by atoms with Crippen molar-refractivity contribution in [3.05, 3.63) is 48.0 Å². The lowest BCUT2D eigenvalue weighted by Gasteiger charge is -2.46. The van der Waals surface area contributed by atoms with Crippen molar-refractivity contribution in [3.63, 3.8) is 0 Å². The molecule has 0 spiro atoms. The van der Waals surface area contributed by atoms with E-state index in [4.69, 9.17) is 0 Å². The molecule has 0 aromatic heterocycles. The minimum Gasteiger partial charge on any atom is -0.353 e. The van der Waals surface area contributed by atoms with E-state index >= 15 is 0 Å². The van der Waals surface area contributed by atoms with Crippen LogP contribution in [0.15, 0.2) is 42.5 Å². The van der Waals surface area contributed by atoms with Crippen molar-refractivity contribution < 1.29 is 4.79 Å². The smallest absolute Gasteiger partial charge is 0.224 e. The fraction of sp³-hybridized carbons (Fsp3) is 0.476. The molecule has 0 radical (unpaired) electrons. The molecule has 1 heterocycles. The van der Waals surface area contributed by atoms with Gasteiger partial charge >= 0.3 is 0 Å². The van der Waals surface area contributed by atoms with Crippen LogP contribution < -0.4 is 10.6 Å². The molecule has 128 valence electrons. The summed E-state index contributed by atoms with van der Waals surface area (Å²) in [5, 5.41) is 9.28. The van der Waals surface area contributed by atoms with Gasteiger partial charge < -0.3 is 10.6 Å². The Balaban J connectivity index is 1.71. The Bertz CT molecular complexity index is 727. The summed E-state index contributed by atoms with van der Waals surface area (Å²) in [5.41, 5.74) is 1.18. The quantitative estimate of drug-likeness (QED) is 0.901. The molecular formula is C21H28N2O. The molecular weight excluding hydrogens is 296 g/mol. The molecule has 0 bridgehead atoms. The number of hydrogen-bond acceptors (Lipinski definition) is 2. The number of hydrogen-bond donors (Lipinski definition) is 2. The predicted molar refractivity (Wildman–Crippen MR) is 100 cm³/mol. The molecule has 2 aromatic carbocycles. The van der Waals surface area contributed by atoms with Gasteiger partial charge in [0, 0.05) is 17.1 Å². The first kappa shape index (κ1) is 17.0. The summed E-state index contributed by atoms with van der Waals surface area (Å²) in [4.78, 5) is 12.6. The highest BCUT2D eigenvalue weighted by Gasteiger charge is 2.38. The van der Waals surface area contributed by atoms with Crippen molar-refractivity contribution in [1.29, 1.82) is 0 Å². The van der Waals surface area contributed by atoms with Gasteiger partial charge in [0.25, 0.3) is 0 Å². The third-order valence-corrected chi connectivity index (χ3v) is 4.79. The van der Waals surface area contributed by atoms with Crippen LogP contribution in [0.1, 0.15) is 46.1 Å². The van der Waals surface area contributed by atoms with Crippen LogP contribution in [0.3, 0.4) is 0 Å². The minimum atomic E-state index is 0.0408. The Labute approximate surface area is 144 Å². The average molecular weight is 324 g/mol. The van der Waals surface area contributed by atoms with Crippen LogP contribution in [0.2, 0.25) is 0 Å². The first-order valence-electron chi connectivity index (χ1n) is 8.79. The van der Waals surface area contributed by atoms with Gasteiger partial charge in [-0.15, -0.1) is 0 Å². The molecule has 3 heteroatoms. The molecule has 1 aliphatic rings. The van der Waals surface area contributed by atoms with Crippen LogP contribution in [0.4, 0.5) is 0 Å². The Hall–Kier alpha value is -1.87. The topological polar surface area (TPSA) is 41.1 Å². The van der Waals surface area contributed by atoms with Crippen LogP contribution in [-0.4, -0.2) is 23.0 Å². The number of carbonyl (C=O) groups is 1. The van der Waals surface area contributed by atoms with E-state index in [0.717, 1.165) is 18.4 Å². The van der Waals surface area contributed by atoms with Crippen molar-refractivity contribution in [2.75, 3.05) is 0 Å². The highest BCUT2D eigenvalue weighted by atomic mass is 16.1. The van der Waals surface area contributed by atoms with Crippen LogP contribution in [0.25, 0.3) is 10.8 Å². The van der Waals surface area contributed by atoms with Crippen LogP contribution >= 0.6 is 0 Å². The number of piperidine rings is 1. The normalized spacial score (nSPS) is 20.0. The maximum absolute atomic E-state index is 12.6. The van der Waals surface area contributed by atoms with Crippen LogP contribution in [0.5, 0.6) is 0 Å². The Morgan fingerprint density at radius 2 is 1.67 bits per heavy atom. The SMILES string of the molecule is CC1(C)CC(NC(=O)Cc2cccc3ccccc23)CC(C)(C)N1. The molecule has 1 saturated heterocycles. The predicted octanol–water partition coefficient (Wildman–Crippen LogP) is 3.81. The lowest BCUT2D eigenvalue weighted by Crippen LogP contribution is -2.62. The van der Waals surface area contributed by atoms with Gasteiger partial charge in [-0.25, -0.2) is 0 Å². The van der Waals surface area contributed by atoms with Gasteiger partial charge in [-0.05, 0) is 56.9 Å². The molecule has 24 heavy (non-hydrogen) atoms. The summed E-state index contributed by atoms with van der Waals surface area (Å²) in [6.45, 7) is 8.82. The van der Waals surface area contributed by atoms with Crippen molar-refractivity contribution in [2.45, 2.75) is 64.1 Å². The summed E-state index contributed by atoms with van der Waals surface area (Å²) < 4.78 is 0. The monoisotopic (exact) mass is 324 g/mol. The second-order valence-electron chi connectivity index (χ2n) is 8.38. The number of carbonyl (C=O) groups excluding carboxylic acids is 1. The zero-order chi connectivity index (χ0) is 17.4. The molecule has 2 aromatic rings. The van der Waals surface area contributed by atoms with E-state index in [1.807, 2.05) is 18.2 Å². The van der Waals surface area contributed by atoms with Gasteiger partial charge in [-0.1, -0.05) is 42.5 Å². The standard InChI is InChI=1S/C21H28N2O/c1-20(2)13-17(14-21(3,4)23-20)22-19(24)12-16-10-7-9-15-8-5-6-11-18(15)16/h5-11,17,23H,12-14H2,1-4H3,(H,22,24). The Morgan fingerprint density at radius 1 is 1.04 bits per heavy atom. The van der Waals surface area contributed by atoms with Gasteiger partial charge in [0.2, 0.25) is 5.91 Å². The maximum atomic E-state index is 12.6. The van der Waals surface area contributed by atoms with E-state index in [0.29, 0.717) is 6.42 Å². The molecule has 0 unspecified atom stereocenters. The molecule has 0 atom stereocenters. The number of amides is 1. The van der Waals surface area contributed by atoms with Crippen molar-refractivity contribution >= 4 is 16.7 Å². The molecule has 0 saturated carbocycles. The van der Waals surface area contributed by atoms with Gasteiger partial charge in [0.15, 0.2) is 0 Å². The first-order valence-corrected chi connectivity index (χ1v) is 8.79. The average Bonchev–Trinajstić information content (AvgIpc) is 2.44. The van der Waals surface area contributed by atoms with Gasteiger partial charge in [0.1, 0.15) is 0 Å². The number of rotatable bonds is 3. The lowest BCUT2D eigenvalue weighted by atomic mass is 9.79. The molecule has 3 rings (SSSR count). The summed E-state index contributed by atoms with van der Waals surface area (Å²) in [6.07, 6.45) is 2.35. The highest BCUT2D eigenvalue weighted by Crippen LogP contribution is 2.28. The molecule has 3 nitrogen and oxygen atoms in total. The minimum absolute atomic E-state index is 0.0408. The van der Waals surface area contributed by atoms with Crippen molar-refractivity contribution in [2.24, 2.45) is 0 Å². The van der Waals surface area contributed by atoms with E-state index in [1.165, 1.54) is 10.8 Å². The van der Waals surface area contributed by atoms with Crippen molar-refractivity contribution in [1.82, 2.24) is 10.6 Å². The number of benzene rings is 2. The maximum Gasteiger partial charge on any atom is 0.224 e. The van der Waals surface area contributed by atoms with E-state index in [-0.39, 0.29) is 23.0 Å². The third kappa shape index (κ3) is 3.96. The number of fused-ring (bicyclic) bond motifs is 1. The summed E-state index contributed by atoms with van der Waals surface area (Å²) in [7, 11) is 0. The zero-order valence-corrected chi connectivity index (χ0v) is 15.1. The molecule has 2 N–H and O–H groups in total. The fourth-order valence-corrected chi connectivity index (χ4v) is 4.32. The molecule has 1 amide bonds. The third-order valence-electron chi connectivity index (χ3n) is 4.79. The van der Waals surface area contributed by atoms with E-state index in [1.54, 1.807) is 0 Å².